The second kappa shape index (κ2) is 21.6. The number of likely N-dealkylation sites (N-methyl/N-ethyl adjacent to an activating group) is 1. The first-order valence-electron chi connectivity index (χ1n) is 10.2. The van der Waals surface area contributed by atoms with Crippen LogP contribution < -0.4 is 0 Å². The molecule has 0 unspecified atom stereocenters. The number of hydrogen-bond donors (Lipinski definition) is 1. The molecule has 0 bridgehead atoms. The summed E-state index contributed by atoms with van der Waals surface area (Å²) >= 11 is 0. The number of amides is 1. The van der Waals surface area contributed by atoms with Crippen molar-refractivity contribution in [3.8, 4) is 0 Å². The topological polar surface area (TPSA) is 57.6 Å². The molecule has 0 rings (SSSR count). The van der Waals surface area contributed by atoms with Crippen LogP contribution in [-0.4, -0.2) is 86.9 Å². The van der Waals surface area contributed by atoms with Crippen molar-refractivity contribution in [3.05, 3.63) is 12.2 Å². The van der Waals surface area contributed by atoms with Crippen LogP contribution in [0.4, 0.5) is 0 Å². The zero-order valence-electron chi connectivity index (χ0n) is 16.5. The Balaban J connectivity index is 0. The number of carbonyl (C=O) groups is 2. The van der Waals surface area contributed by atoms with Crippen LogP contribution in [0.5, 0.6) is 0 Å². The molecule has 1 amide bonds. The van der Waals surface area contributed by atoms with Crippen LogP contribution in [0.15, 0.2) is 12.2 Å². The molecule has 1 N–H and O–H groups in total. The van der Waals surface area contributed by atoms with Gasteiger partial charge in [-0.3, -0.25) is 9.59 Å². The zero-order valence-corrected chi connectivity index (χ0v) is 16.5. The third-order valence-electron chi connectivity index (χ3n) is 4.45. The molecule has 26 heavy (non-hydrogen) atoms. The number of allylic oxidation sites excluding steroid dienone is 2. The predicted molar refractivity (Wildman–Crippen MR) is 112 cm³/mol. The molecule has 4 nitrogen and oxygen atoms in total. The second-order valence-corrected chi connectivity index (χ2v) is 6.98. The fourth-order valence-corrected chi connectivity index (χ4v) is 2.83. The Morgan fingerprint density at radius 1 is 0.808 bits per heavy atom. The fourth-order valence-electron chi connectivity index (χ4n) is 2.83. The number of carbonyl (C=O) groups excluding carboxylic acids is 1. The van der Waals surface area contributed by atoms with Crippen molar-refractivity contribution < 1.29 is 14.7 Å². The summed E-state index contributed by atoms with van der Waals surface area (Å²) in [5, 5.41) is 8.64. The van der Waals surface area contributed by atoms with E-state index in [2.05, 4.69) is 19.1 Å². The molecule has 0 heterocycles. The van der Waals surface area contributed by atoms with Gasteiger partial charge in [-0.2, -0.15) is 0 Å². The van der Waals surface area contributed by atoms with E-state index in [-0.39, 0.29) is 63.8 Å². The number of aliphatic carboxylic acids is 1. The maximum atomic E-state index is 11.7. The fraction of sp³-hybridized carbons (Fsp3) is 0.810. The molecular weight excluding hydrogens is 353 g/mol. The molecule has 0 aromatic heterocycles. The Hall–Kier alpha value is 0.316. The molecule has 5 heteroatoms. The Morgan fingerprint density at radius 3 is 1.77 bits per heavy atom. The van der Waals surface area contributed by atoms with Crippen molar-refractivity contribution in [2.75, 3.05) is 13.6 Å². The number of carboxylic acid groups (broad SMARTS) is 1. The van der Waals surface area contributed by atoms with Gasteiger partial charge in [-0.1, -0.05) is 70.4 Å². The van der Waals surface area contributed by atoms with Gasteiger partial charge in [-0.05, 0) is 32.1 Å². The first-order valence-corrected chi connectivity index (χ1v) is 10.2. The van der Waals surface area contributed by atoms with E-state index in [4.69, 9.17) is 5.11 Å². The zero-order chi connectivity index (χ0) is 18.8. The van der Waals surface area contributed by atoms with E-state index < -0.39 is 5.97 Å². The number of unbranched alkanes of at least 4 members (excludes halogenated alkanes) is 11. The predicted octanol–water partition coefficient (Wildman–Crippen LogP) is 4.92. The van der Waals surface area contributed by atoms with Crippen molar-refractivity contribution in [2.24, 2.45) is 0 Å². The summed E-state index contributed by atoms with van der Waals surface area (Å²) in [4.78, 5) is 23.5. The van der Waals surface area contributed by atoms with Crippen LogP contribution in [0, 0.1) is 0 Å². The van der Waals surface area contributed by atoms with Crippen molar-refractivity contribution in [2.45, 2.75) is 96.8 Å². The van der Waals surface area contributed by atoms with E-state index in [1.807, 2.05) is 0 Å². The van der Waals surface area contributed by atoms with Crippen molar-refractivity contribution >= 4 is 63.3 Å². The van der Waals surface area contributed by atoms with Crippen LogP contribution in [-0.2, 0) is 9.59 Å². The van der Waals surface area contributed by atoms with Gasteiger partial charge in [0.25, 0.3) is 0 Å². The summed E-state index contributed by atoms with van der Waals surface area (Å²) in [6.45, 7) is 2.04. The van der Waals surface area contributed by atoms with Gasteiger partial charge in [-0.25, -0.2) is 0 Å². The van der Waals surface area contributed by atoms with Crippen LogP contribution in [0.3, 0.4) is 0 Å². The van der Waals surface area contributed by atoms with Gasteiger partial charge in [0.15, 0.2) is 0 Å². The third-order valence-corrected chi connectivity index (χ3v) is 4.45. The van der Waals surface area contributed by atoms with Crippen molar-refractivity contribution in [3.63, 3.8) is 0 Å². The quantitative estimate of drug-likeness (QED) is 0.217. The molecule has 148 valence electrons. The van der Waals surface area contributed by atoms with Gasteiger partial charge in [0.05, 0.1) is 0 Å². The summed E-state index contributed by atoms with van der Waals surface area (Å²) in [7, 11) is 1.55. The van der Waals surface area contributed by atoms with E-state index >= 15 is 0 Å². The van der Waals surface area contributed by atoms with Crippen molar-refractivity contribution in [1.29, 1.82) is 0 Å². The Labute approximate surface area is 203 Å². The average molecular weight is 394 g/mol. The van der Waals surface area contributed by atoms with E-state index in [9.17, 15) is 9.59 Å². The summed E-state index contributed by atoms with van der Waals surface area (Å²) in [5.41, 5.74) is 0. The Kier molecular flexibility index (Phi) is 23.7. The summed E-state index contributed by atoms with van der Waals surface area (Å²) in [6, 6.07) is 0. The second-order valence-electron chi connectivity index (χ2n) is 6.98. The van der Waals surface area contributed by atoms with E-state index in [1.165, 1.54) is 75.5 Å². The van der Waals surface area contributed by atoms with Crippen LogP contribution >= 0.6 is 0 Å². The average Bonchev–Trinajstić information content (AvgIpc) is 2.57. The normalized spacial score (nSPS) is 10.7. The summed E-state index contributed by atoms with van der Waals surface area (Å²) in [5.74, 6) is -1.02. The number of carboxylic acids is 1. The number of hydrogen-bond acceptors (Lipinski definition) is 2. The molecular formula is C21H40KNO3. The van der Waals surface area contributed by atoms with Crippen LogP contribution in [0.2, 0.25) is 0 Å². The van der Waals surface area contributed by atoms with Gasteiger partial charge in [-0.15, -0.1) is 0 Å². The van der Waals surface area contributed by atoms with Crippen LogP contribution in [0.25, 0.3) is 0 Å². The summed E-state index contributed by atoms with van der Waals surface area (Å²) < 4.78 is 0. The maximum absolute atomic E-state index is 11.7. The third kappa shape index (κ3) is 20.6. The van der Waals surface area contributed by atoms with Gasteiger partial charge in [0, 0.05) is 13.5 Å². The molecule has 0 aliphatic rings. The molecule has 0 fully saturated rings. The Morgan fingerprint density at radius 2 is 1.27 bits per heavy atom. The minimum absolute atomic E-state index is 0. The molecule has 0 atom stereocenters. The van der Waals surface area contributed by atoms with Gasteiger partial charge in [0.1, 0.15) is 6.54 Å². The minimum atomic E-state index is -0.956. The number of nitrogens with zero attached hydrogens (tertiary/aromatic N) is 1. The van der Waals surface area contributed by atoms with E-state index in [1.54, 1.807) is 7.05 Å². The molecule has 0 aromatic carbocycles. The molecule has 0 aliphatic carbocycles. The summed E-state index contributed by atoms with van der Waals surface area (Å²) in [6.07, 6.45) is 21.1. The van der Waals surface area contributed by atoms with Gasteiger partial charge < -0.3 is 10.0 Å². The Bertz CT molecular complexity index is 372. The van der Waals surface area contributed by atoms with Crippen molar-refractivity contribution in [1.82, 2.24) is 4.90 Å². The standard InChI is InChI=1S/C21H39NO3.K.H/c1-3-4-5-6-7-8-9-10-11-12-13-14-15-16-17-18-20(23)22(2)19-21(24)25;;/h8-9H,3-7,10-19H2,1-2H3,(H,24,25);;/b9-8-;;. The van der Waals surface area contributed by atoms with E-state index in [0.717, 1.165) is 12.8 Å². The SMILES string of the molecule is CCCCCC/C=C\CCCCCCCCCC(=O)N(C)CC(=O)O.[KH]. The van der Waals surface area contributed by atoms with Crippen LogP contribution in [0.1, 0.15) is 96.8 Å². The van der Waals surface area contributed by atoms with E-state index in [0.29, 0.717) is 6.42 Å². The molecule has 0 aromatic rings. The van der Waals surface area contributed by atoms with Gasteiger partial charge >= 0.3 is 57.4 Å². The van der Waals surface area contributed by atoms with Gasteiger partial charge in [0.2, 0.25) is 5.91 Å². The number of rotatable bonds is 17. The molecule has 0 spiro atoms. The molecule has 0 radical (unpaired) electrons. The first-order chi connectivity index (χ1) is 12.1. The first kappa shape index (κ1) is 28.5. The monoisotopic (exact) mass is 393 g/mol. The molecule has 0 saturated carbocycles. The molecule has 0 aliphatic heterocycles. The molecule has 0 saturated heterocycles.